The number of fused-ring (bicyclic) bond motifs is 1. The number of hydrogen-bond acceptors (Lipinski definition) is 9. The van der Waals surface area contributed by atoms with E-state index >= 15 is 0 Å². The topological polar surface area (TPSA) is 102 Å². The molecule has 1 aromatic rings. The van der Waals surface area contributed by atoms with E-state index in [-0.39, 0.29) is 13.2 Å². The molecule has 1 N–H and O–H groups in total. The molecular formula is C24H32BrNO8. The van der Waals surface area contributed by atoms with Crippen molar-refractivity contribution < 1.29 is 38.0 Å². The average Bonchev–Trinajstić information content (AvgIpc) is 3.41. The number of benzene rings is 1. The molecule has 4 rings (SSSR count). The fraction of sp³-hybridized carbons (Fsp3) is 0.667. The number of carbonyl (C=O) groups excluding carboxylic acids is 2. The van der Waals surface area contributed by atoms with Crippen LogP contribution in [0.25, 0.3) is 0 Å². The molecule has 3 aliphatic heterocycles. The van der Waals surface area contributed by atoms with Gasteiger partial charge in [0.25, 0.3) is 0 Å². The number of hydrogen-bond donors (Lipinski definition) is 1. The molecule has 0 amide bonds. The zero-order chi connectivity index (χ0) is 24.6. The van der Waals surface area contributed by atoms with Gasteiger partial charge in [0.15, 0.2) is 12.1 Å². The lowest BCUT2D eigenvalue weighted by Crippen LogP contribution is -2.49. The number of methoxy groups -OCH3 is 1. The fourth-order valence-corrected chi connectivity index (χ4v) is 5.54. The molecule has 0 radical (unpaired) electrons. The zero-order valence-corrected chi connectivity index (χ0v) is 21.6. The summed E-state index contributed by atoms with van der Waals surface area (Å²) in [7, 11) is 1.56. The van der Waals surface area contributed by atoms with Crippen LogP contribution < -0.4 is 5.32 Å². The minimum atomic E-state index is -0.827. The van der Waals surface area contributed by atoms with Crippen LogP contribution in [0, 0.1) is 11.8 Å². The summed E-state index contributed by atoms with van der Waals surface area (Å²) in [5, 5.41) is 3.35. The second-order valence-corrected chi connectivity index (χ2v) is 9.97. The molecule has 0 unspecified atom stereocenters. The smallest absolute Gasteiger partial charge is 0.323 e. The third kappa shape index (κ3) is 4.76. The molecule has 3 fully saturated rings. The van der Waals surface area contributed by atoms with Crippen LogP contribution in [0.2, 0.25) is 0 Å². The molecule has 0 aromatic heterocycles. The lowest BCUT2D eigenvalue weighted by molar-refractivity contribution is -0.226. The van der Waals surface area contributed by atoms with E-state index in [0.717, 1.165) is 10.0 Å². The van der Waals surface area contributed by atoms with Crippen molar-refractivity contribution in [2.75, 3.05) is 20.3 Å². The number of carbonyl (C=O) groups is 2. The molecule has 0 bridgehead atoms. The van der Waals surface area contributed by atoms with Gasteiger partial charge >= 0.3 is 11.9 Å². The fourth-order valence-electron chi connectivity index (χ4n) is 5.28. The summed E-state index contributed by atoms with van der Waals surface area (Å²) in [5.74, 6) is -3.08. The Bertz CT molecular complexity index is 893. The molecule has 3 heterocycles. The van der Waals surface area contributed by atoms with Gasteiger partial charge < -0.3 is 28.4 Å². The standard InChI is InChI=1S/C24H32BrNO8/c1-6-30-21(27)15-14(18-19(29-5)20-23(32-18)34-24(3,4)33-20)17(22(28)31-7-2)26-16(15)12-8-10-13(25)11-9-12/h8-11,14-20,23,26H,6-7H2,1-5H3/t14-,15-,16-,17-,18-,19-,20+,23+/m0/s1. The summed E-state index contributed by atoms with van der Waals surface area (Å²) >= 11 is 3.45. The number of ether oxygens (including phenoxy) is 6. The van der Waals surface area contributed by atoms with Crippen LogP contribution in [-0.4, -0.2) is 68.7 Å². The molecule has 1 aromatic carbocycles. The maximum absolute atomic E-state index is 13.4. The quantitative estimate of drug-likeness (QED) is 0.522. The minimum absolute atomic E-state index is 0.210. The van der Waals surface area contributed by atoms with Crippen molar-refractivity contribution >= 4 is 27.9 Å². The second-order valence-electron chi connectivity index (χ2n) is 9.05. The first-order valence-corrected chi connectivity index (χ1v) is 12.4. The summed E-state index contributed by atoms with van der Waals surface area (Å²) < 4.78 is 35.8. The Labute approximate surface area is 207 Å². The average molecular weight is 542 g/mol. The number of esters is 2. The zero-order valence-electron chi connectivity index (χ0n) is 20.0. The summed E-state index contributed by atoms with van der Waals surface area (Å²) in [6.45, 7) is 7.53. The third-order valence-corrected chi connectivity index (χ3v) is 7.05. The van der Waals surface area contributed by atoms with E-state index in [0.29, 0.717) is 0 Å². The Morgan fingerprint density at radius 2 is 1.68 bits per heavy atom. The summed E-state index contributed by atoms with van der Waals surface area (Å²) in [5.41, 5.74) is 0.846. The van der Waals surface area contributed by atoms with E-state index in [2.05, 4.69) is 21.2 Å². The van der Waals surface area contributed by atoms with Gasteiger partial charge in [-0.05, 0) is 45.4 Å². The van der Waals surface area contributed by atoms with Gasteiger partial charge in [-0.1, -0.05) is 28.1 Å². The van der Waals surface area contributed by atoms with Gasteiger partial charge in [0.1, 0.15) is 18.2 Å². The van der Waals surface area contributed by atoms with E-state index < -0.39 is 66.2 Å². The molecule has 9 nitrogen and oxygen atoms in total. The summed E-state index contributed by atoms with van der Waals surface area (Å²) in [6.07, 6.45) is -2.41. The minimum Gasteiger partial charge on any atom is -0.466 e. The number of halogens is 1. The first-order chi connectivity index (χ1) is 16.2. The van der Waals surface area contributed by atoms with E-state index in [4.69, 9.17) is 28.4 Å². The largest absolute Gasteiger partial charge is 0.466 e. The van der Waals surface area contributed by atoms with Gasteiger partial charge in [-0.3, -0.25) is 14.9 Å². The van der Waals surface area contributed by atoms with Gasteiger partial charge in [0.2, 0.25) is 0 Å². The van der Waals surface area contributed by atoms with Crippen molar-refractivity contribution in [3.8, 4) is 0 Å². The highest BCUT2D eigenvalue weighted by Gasteiger charge is 2.63. The van der Waals surface area contributed by atoms with E-state index in [1.807, 2.05) is 24.3 Å². The highest BCUT2D eigenvalue weighted by Crippen LogP contribution is 2.48. The summed E-state index contributed by atoms with van der Waals surface area (Å²) in [4.78, 5) is 26.5. The first-order valence-electron chi connectivity index (χ1n) is 11.6. The molecule has 3 saturated heterocycles. The van der Waals surface area contributed by atoms with Gasteiger partial charge in [-0.2, -0.15) is 0 Å². The van der Waals surface area contributed by atoms with Crippen LogP contribution in [0.15, 0.2) is 28.7 Å². The van der Waals surface area contributed by atoms with Gasteiger partial charge in [-0.15, -0.1) is 0 Å². The Kier molecular flexibility index (Phi) is 7.66. The highest BCUT2D eigenvalue weighted by atomic mass is 79.9. The Morgan fingerprint density at radius 3 is 2.29 bits per heavy atom. The molecule has 0 aliphatic carbocycles. The van der Waals surface area contributed by atoms with E-state index in [1.54, 1.807) is 34.8 Å². The van der Waals surface area contributed by atoms with E-state index in [9.17, 15) is 9.59 Å². The predicted octanol–water partition coefficient (Wildman–Crippen LogP) is 2.71. The SMILES string of the molecule is CCOC(=O)[C@H]1[C@H]([C@@H]2O[C@@H]3OC(C)(C)O[C@@H]3[C@H]2OC)[C@@H](C(=O)OCC)N[C@H]1c1ccc(Br)cc1. The van der Waals surface area contributed by atoms with E-state index in [1.165, 1.54) is 0 Å². The van der Waals surface area contributed by atoms with Gasteiger partial charge in [-0.25, -0.2) is 0 Å². The third-order valence-electron chi connectivity index (χ3n) is 6.52. The summed E-state index contributed by atoms with van der Waals surface area (Å²) in [6, 6.07) is 6.29. The Hall–Kier alpha value is -1.56. The van der Waals surface area contributed by atoms with Crippen LogP contribution in [0.1, 0.15) is 39.3 Å². The first kappa shape index (κ1) is 25.5. The predicted molar refractivity (Wildman–Crippen MR) is 124 cm³/mol. The Balaban J connectivity index is 1.74. The number of nitrogens with one attached hydrogen (secondary N) is 1. The monoisotopic (exact) mass is 541 g/mol. The normalized spacial score (nSPS) is 36.3. The maximum atomic E-state index is 13.4. The van der Waals surface area contributed by atoms with Crippen LogP contribution in [0.5, 0.6) is 0 Å². The Morgan fingerprint density at radius 1 is 1.03 bits per heavy atom. The number of rotatable bonds is 7. The molecule has 8 atom stereocenters. The molecule has 188 valence electrons. The second kappa shape index (κ2) is 10.2. The maximum Gasteiger partial charge on any atom is 0.323 e. The lowest BCUT2D eigenvalue weighted by Gasteiger charge is -2.33. The van der Waals surface area contributed by atoms with Crippen LogP contribution >= 0.6 is 15.9 Å². The molecule has 34 heavy (non-hydrogen) atoms. The highest BCUT2D eigenvalue weighted by molar-refractivity contribution is 9.10. The molecule has 0 spiro atoms. The molecule has 0 saturated carbocycles. The van der Waals surface area contributed by atoms with Crippen LogP contribution in [0.4, 0.5) is 0 Å². The van der Waals surface area contributed by atoms with Gasteiger partial charge in [0.05, 0.1) is 25.2 Å². The van der Waals surface area contributed by atoms with Crippen molar-refractivity contribution in [1.29, 1.82) is 0 Å². The van der Waals surface area contributed by atoms with Crippen LogP contribution in [0.3, 0.4) is 0 Å². The van der Waals surface area contributed by atoms with Crippen molar-refractivity contribution in [3.63, 3.8) is 0 Å². The molecule has 3 aliphatic rings. The van der Waals surface area contributed by atoms with Crippen LogP contribution in [-0.2, 0) is 38.0 Å². The van der Waals surface area contributed by atoms with Crippen molar-refractivity contribution in [3.05, 3.63) is 34.3 Å². The van der Waals surface area contributed by atoms with Crippen molar-refractivity contribution in [2.24, 2.45) is 11.8 Å². The lowest BCUT2D eigenvalue weighted by atomic mass is 9.79. The van der Waals surface area contributed by atoms with Gasteiger partial charge in [0, 0.05) is 23.5 Å². The van der Waals surface area contributed by atoms with Crippen molar-refractivity contribution in [2.45, 2.75) is 70.2 Å². The molecular weight excluding hydrogens is 510 g/mol. The molecule has 10 heteroatoms. The van der Waals surface area contributed by atoms with Crippen molar-refractivity contribution in [1.82, 2.24) is 5.32 Å².